The van der Waals surface area contributed by atoms with Gasteiger partial charge in [0.1, 0.15) is 12.4 Å². The number of rotatable bonds is 12. The summed E-state index contributed by atoms with van der Waals surface area (Å²) in [5.41, 5.74) is 4.61. The smallest absolute Gasteiger partial charge is 0.240 e. The Morgan fingerprint density at radius 2 is 1.78 bits per heavy atom. The number of hydrogen-bond acceptors (Lipinski definition) is 3. The molecule has 0 unspecified atom stereocenters. The lowest BCUT2D eigenvalue weighted by molar-refractivity contribution is -0.121. The van der Waals surface area contributed by atoms with Gasteiger partial charge in [0.2, 0.25) is 5.91 Å². The van der Waals surface area contributed by atoms with Crippen LogP contribution in [0.4, 0.5) is 0 Å². The van der Waals surface area contributed by atoms with Crippen molar-refractivity contribution < 1.29 is 9.53 Å². The molecule has 4 heteroatoms. The minimum absolute atomic E-state index is 0.0294. The first kappa shape index (κ1) is 20.7. The highest BCUT2D eigenvalue weighted by atomic mass is 16.5. The summed E-state index contributed by atoms with van der Waals surface area (Å²) in [6.45, 7) is 2.73. The largest absolute Gasteiger partial charge is 0.489 e. The lowest BCUT2D eigenvalue weighted by Gasteiger charge is -2.06. The zero-order valence-electron chi connectivity index (χ0n) is 16.2. The van der Waals surface area contributed by atoms with Crippen LogP contribution in [0.25, 0.3) is 0 Å². The standard InChI is InChI=1S/C23H30N2O2/c1-2-3-4-5-6-10-16-23(26)25-24-18-21-14-11-15-22(17-21)27-19-20-12-8-7-9-13-20/h7-9,11-15,17-18H,2-6,10,16,19H2,1H3,(H,25,26). The average Bonchev–Trinajstić information content (AvgIpc) is 2.70. The highest BCUT2D eigenvalue weighted by Gasteiger charge is 2.00. The third kappa shape index (κ3) is 9.04. The second kappa shape index (κ2) is 12.7. The molecule has 0 aromatic heterocycles. The Bertz CT molecular complexity index is 699. The first-order chi connectivity index (χ1) is 13.3. The second-order valence-electron chi connectivity index (χ2n) is 6.66. The zero-order valence-corrected chi connectivity index (χ0v) is 16.2. The molecule has 0 saturated heterocycles. The minimum atomic E-state index is -0.0294. The Labute approximate surface area is 162 Å². The summed E-state index contributed by atoms with van der Waals surface area (Å²) in [6.07, 6.45) is 9.21. The number of ether oxygens (including phenoxy) is 1. The van der Waals surface area contributed by atoms with E-state index >= 15 is 0 Å². The van der Waals surface area contributed by atoms with E-state index in [1.165, 1.54) is 25.7 Å². The Morgan fingerprint density at radius 1 is 1.00 bits per heavy atom. The van der Waals surface area contributed by atoms with E-state index in [2.05, 4.69) is 17.5 Å². The SMILES string of the molecule is CCCCCCCCC(=O)NN=Cc1cccc(OCc2ccccc2)c1. The van der Waals surface area contributed by atoms with E-state index in [1.54, 1.807) is 6.21 Å². The molecule has 1 N–H and O–H groups in total. The second-order valence-corrected chi connectivity index (χ2v) is 6.66. The van der Waals surface area contributed by atoms with E-state index in [1.807, 2.05) is 54.6 Å². The molecule has 144 valence electrons. The summed E-state index contributed by atoms with van der Waals surface area (Å²) >= 11 is 0. The predicted octanol–water partition coefficient (Wildman–Crippen LogP) is 5.47. The fourth-order valence-corrected chi connectivity index (χ4v) is 2.73. The quantitative estimate of drug-likeness (QED) is 0.308. The molecular weight excluding hydrogens is 336 g/mol. The first-order valence-corrected chi connectivity index (χ1v) is 9.86. The summed E-state index contributed by atoms with van der Waals surface area (Å²) in [5.74, 6) is 0.749. The summed E-state index contributed by atoms with van der Waals surface area (Å²) in [5, 5.41) is 4.05. The maximum absolute atomic E-state index is 11.8. The molecule has 2 aromatic carbocycles. The van der Waals surface area contributed by atoms with Gasteiger partial charge in [-0.1, -0.05) is 81.5 Å². The molecule has 0 aliphatic heterocycles. The molecule has 2 aromatic rings. The van der Waals surface area contributed by atoms with Crippen LogP contribution >= 0.6 is 0 Å². The molecule has 0 heterocycles. The highest BCUT2D eigenvalue weighted by molar-refractivity contribution is 5.82. The summed E-state index contributed by atoms with van der Waals surface area (Å²) in [6, 6.07) is 17.7. The fourth-order valence-electron chi connectivity index (χ4n) is 2.73. The van der Waals surface area contributed by atoms with Crippen LogP contribution in [0.15, 0.2) is 59.7 Å². The number of nitrogens with one attached hydrogen (secondary N) is 1. The van der Waals surface area contributed by atoms with Crippen LogP contribution in [0.2, 0.25) is 0 Å². The van der Waals surface area contributed by atoms with Gasteiger partial charge in [-0.3, -0.25) is 4.79 Å². The van der Waals surface area contributed by atoms with Gasteiger partial charge < -0.3 is 4.74 Å². The number of hydrogen-bond donors (Lipinski definition) is 1. The van der Waals surface area contributed by atoms with Crippen molar-refractivity contribution in [1.82, 2.24) is 5.43 Å². The van der Waals surface area contributed by atoms with Crippen LogP contribution in [0, 0.1) is 0 Å². The van der Waals surface area contributed by atoms with Gasteiger partial charge >= 0.3 is 0 Å². The molecule has 4 nitrogen and oxygen atoms in total. The lowest BCUT2D eigenvalue weighted by Crippen LogP contribution is -2.16. The molecule has 0 spiro atoms. The number of carbonyl (C=O) groups is 1. The number of carbonyl (C=O) groups excluding carboxylic acids is 1. The molecule has 0 saturated carbocycles. The van der Waals surface area contributed by atoms with Gasteiger partial charge in [-0.15, -0.1) is 0 Å². The minimum Gasteiger partial charge on any atom is -0.489 e. The maximum Gasteiger partial charge on any atom is 0.240 e. The lowest BCUT2D eigenvalue weighted by atomic mass is 10.1. The summed E-state index contributed by atoms with van der Waals surface area (Å²) in [7, 11) is 0. The van der Waals surface area contributed by atoms with Gasteiger partial charge in [-0.05, 0) is 29.7 Å². The van der Waals surface area contributed by atoms with Gasteiger partial charge in [0.25, 0.3) is 0 Å². The van der Waals surface area contributed by atoms with Gasteiger partial charge in [0, 0.05) is 6.42 Å². The van der Waals surface area contributed by atoms with Crippen molar-refractivity contribution >= 4 is 12.1 Å². The van der Waals surface area contributed by atoms with Gasteiger partial charge in [-0.2, -0.15) is 5.10 Å². The van der Waals surface area contributed by atoms with Crippen LogP contribution in [0.5, 0.6) is 5.75 Å². The van der Waals surface area contributed by atoms with Gasteiger partial charge in [0.15, 0.2) is 0 Å². The van der Waals surface area contributed by atoms with Crippen molar-refractivity contribution in [2.75, 3.05) is 0 Å². The summed E-state index contributed by atoms with van der Waals surface area (Å²) in [4.78, 5) is 11.8. The van der Waals surface area contributed by atoms with Crippen molar-refractivity contribution in [3.8, 4) is 5.75 Å². The molecule has 0 aliphatic carbocycles. The normalized spacial score (nSPS) is 10.9. The number of hydrazone groups is 1. The average molecular weight is 367 g/mol. The Morgan fingerprint density at radius 3 is 2.59 bits per heavy atom. The van der Waals surface area contributed by atoms with Gasteiger partial charge in [0.05, 0.1) is 6.21 Å². The van der Waals surface area contributed by atoms with Crippen molar-refractivity contribution in [1.29, 1.82) is 0 Å². The van der Waals surface area contributed by atoms with Crippen LogP contribution in [0.1, 0.15) is 63.0 Å². The molecular formula is C23H30N2O2. The third-order valence-electron chi connectivity index (χ3n) is 4.27. The van der Waals surface area contributed by atoms with E-state index in [-0.39, 0.29) is 5.91 Å². The maximum atomic E-state index is 11.8. The van der Waals surface area contributed by atoms with Crippen molar-refractivity contribution in [3.05, 3.63) is 65.7 Å². The molecule has 0 radical (unpaired) electrons. The van der Waals surface area contributed by atoms with E-state index in [9.17, 15) is 4.79 Å². The van der Waals surface area contributed by atoms with E-state index in [0.717, 1.165) is 29.7 Å². The number of benzene rings is 2. The van der Waals surface area contributed by atoms with Crippen molar-refractivity contribution in [2.24, 2.45) is 5.10 Å². The Balaban J connectivity index is 1.69. The van der Waals surface area contributed by atoms with Crippen LogP contribution in [-0.4, -0.2) is 12.1 Å². The first-order valence-electron chi connectivity index (χ1n) is 9.86. The van der Waals surface area contributed by atoms with Gasteiger partial charge in [-0.25, -0.2) is 5.43 Å². The topological polar surface area (TPSA) is 50.7 Å². The molecule has 1 amide bonds. The predicted molar refractivity (Wildman–Crippen MR) is 111 cm³/mol. The van der Waals surface area contributed by atoms with E-state index in [0.29, 0.717) is 13.0 Å². The van der Waals surface area contributed by atoms with Crippen LogP contribution < -0.4 is 10.2 Å². The zero-order chi connectivity index (χ0) is 19.2. The molecule has 2 rings (SSSR count). The molecule has 0 atom stereocenters. The van der Waals surface area contributed by atoms with Crippen LogP contribution in [0.3, 0.4) is 0 Å². The number of nitrogens with zero attached hydrogens (tertiary/aromatic N) is 1. The molecule has 0 aliphatic rings. The Hall–Kier alpha value is -2.62. The Kier molecular flexibility index (Phi) is 9.72. The van der Waals surface area contributed by atoms with Crippen molar-refractivity contribution in [3.63, 3.8) is 0 Å². The van der Waals surface area contributed by atoms with E-state index in [4.69, 9.17) is 4.74 Å². The highest BCUT2D eigenvalue weighted by Crippen LogP contribution is 2.14. The number of unbranched alkanes of at least 4 members (excludes halogenated alkanes) is 5. The molecule has 27 heavy (non-hydrogen) atoms. The molecule has 0 bridgehead atoms. The van der Waals surface area contributed by atoms with Crippen LogP contribution in [-0.2, 0) is 11.4 Å². The number of amides is 1. The monoisotopic (exact) mass is 366 g/mol. The van der Waals surface area contributed by atoms with E-state index < -0.39 is 0 Å². The van der Waals surface area contributed by atoms with Crippen molar-refractivity contribution in [2.45, 2.75) is 58.5 Å². The summed E-state index contributed by atoms with van der Waals surface area (Å²) < 4.78 is 5.80. The fraction of sp³-hybridized carbons (Fsp3) is 0.391. The molecule has 0 fully saturated rings. The third-order valence-corrected chi connectivity index (χ3v) is 4.27.